The van der Waals surface area contributed by atoms with Gasteiger partial charge in [0, 0.05) is 86.4 Å². The summed E-state index contributed by atoms with van der Waals surface area (Å²) in [6, 6.07) is 21.3. The minimum Gasteiger partial charge on any atom is -0.458 e. The Bertz CT molecular complexity index is 2480. The third-order valence-corrected chi connectivity index (χ3v) is 13.9. The van der Waals surface area contributed by atoms with Crippen LogP contribution in [0.1, 0.15) is 130 Å². The maximum Gasteiger partial charge on any atom is 0.338 e. The Kier molecular flexibility index (Phi) is 16.2. The van der Waals surface area contributed by atoms with E-state index in [-0.39, 0.29) is 29.3 Å². The molecule has 1 N–H and O–H groups in total. The summed E-state index contributed by atoms with van der Waals surface area (Å²) in [6.45, 7) is 15.7. The highest BCUT2D eigenvalue weighted by molar-refractivity contribution is 6.03. The number of hydrogen-bond acceptors (Lipinski definition) is 7. The maximum absolute atomic E-state index is 14.0. The van der Waals surface area contributed by atoms with Crippen LogP contribution in [-0.2, 0) is 36.4 Å². The van der Waals surface area contributed by atoms with Crippen LogP contribution in [0, 0.1) is 13.8 Å². The normalized spacial score (nSPS) is 21.4. The van der Waals surface area contributed by atoms with Gasteiger partial charge in [0.1, 0.15) is 13.2 Å². The number of carbonyl (C=O) groups excluding carboxylic acids is 3. The van der Waals surface area contributed by atoms with Gasteiger partial charge in [0.05, 0.1) is 16.7 Å². The minimum atomic E-state index is -0.417. The molecule has 0 radical (unpaired) electrons. The van der Waals surface area contributed by atoms with E-state index in [1.807, 2.05) is 37.0 Å². The summed E-state index contributed by atoms with van der Waals surface area (Å²) in [5, 5.41) is 7.52. The van der Waals surface area contributed by atoms with Gasteiger partial charge in [-0.05, 0) is 108 Å². The number of aryl methyl sites for hydroxylation is 2. The molecule has 2 amide bonds. The number of cyclic esters (lactones) is 1. The molecule has 7 rings (SSSR count). The Balaban J connectivity index is 0.943. The fourth-order valence-corrected chi connectivity index (χ4v) is 10.4. The van der Waals surface area contributed by atoms with Crippen LogP contribution in [0.4, 0.5) is 11.4 Å². The van der Waals surface area contributed by atoms with Crippen LogP contribution >= 0.6 is 0 Å². The topological polar surface area (TPSA) is 104 Å². The van der Waals surface area contributed by atoms with E-state index >= 15 is 0 Å². The van der Waals surface area contributed by atoms with E-state index in [1.54, 1.807) is 0 Å². The molecule has 1 unspecified atom stereocenters. The minimum absolute atomic E-state index is 0.0000432. The molecule has 10 nitrogen and oxygen atoms in total. The van der Waals surface area contributed by atoms with Crippen molar-refractivity contribution >= 4 is 40.6 Å². The molecule has 1 fully saturated rings. The molecular weight excluding hydrogens is 835 g/mol. The van der Waals surface area contributed by atoms with Crippen LogP contribution in [0.2, 0.25) is 0 Å². The second-order valence-corrected chi connectivity index (χ2v) is 19.7. The van der Waals surface area contributed by atoms with Crippen LogP contribution in [0.15, 0.2) is 114 Å². The van der Waals surface area contributed by atoms with Crippen LogP contribution in [0.25, 0.3) is 0 Å². The summed E-state index contributed by atoms with van der Waals surface area (Å²) in [7, 11) is 2.15. The molecule has 0 bridgehead atoms. The zero-order valence-electron chi connectivity index (χ0n) is 41.0. The molecule has 3 aromatic rings. The van der Waals surface area contributed by atoms with Gasteiger partial charge in [0.15, 0.2) is 12.3 Å². The Morgan fingerprint density at radius 2 is 1.67 bits per heavy atom. The number of anilines is 1. The number of unbranched alkanes of at least 4 members (excludes halogenated alkanes) is 1. The number of piperidine rings is 1. The smallest absolute Gasteiger partial charge is 0.338 e. The highest BCUT2D eigenvalue weighted by Crippen LogP contribution is 2.48. The summed E-state index contributed by atoms with van der Waals surface area (Å²) in [4.78, 5) is 50.0. The number of hydrogen-bond donors (Lipinski definition) is 1. The fourth-order valence-electron chi connectivity index (χ4n) is 10.4. The number of fused-ring (bicyclic) bond motifs is 3. The second-order valence-electron chi connectivity index (χ2n) is 19.7. The highest BCUT2D eigenvalue weighted by atomic mass is 16.6. The number of oxime groups is 1. The Morgan fingerprint density at radius 3 is 2.46 bits per heavy atom. The maximum atomic E-state index is 14.0. The number of likely N-dealkylation sites (tertiary alicyclic amines) is 1. The van der Waals surface area contributed by atoms with Gasteiger partial charge in [0.25, 0.3) is 5.91 Å². The number of benzene rings is 3. The predicted molar refractivity (Wildman–Crippen MR) is 271 cm³/mol. The zero-order chi connectivity index (χ0) is 47.6. The molecule has 4 heterocycles. The van der Waals surface area contributed by atoms with Crippen LogP contribution < -0.4 is 10.2 Å². The van der Waals surface area contributed by atoms with E-state index in [4.69, 9.17) is 9.57 Å². The number of carbonyl (C=O) groups is 3. The third-order valence-electron chi connectivity index (χ3n) is 13.9. The summed E-state index contributed by atoms with van der Waals surface area (Å²) in [5.74, 6) is -0.451. The van der Waals surface area contributed by atoms with Crippen molar-refractivity contribution in [2.45, 2.75) is 129 Å². The van der Waals surface area contributed by atoms with Crippen molar-refractivity contribution in [2.75, 3.05) is 44.7 Å². The zero-order valence-corrected chi connectivity index (χ0v) is 41.0. The Hall–Kier alpha value is -6.03. The van der Waals surface area contributed by atoms with Crippen molar-refractivity contribution in [3.05, 3.63) is 142 Å². The second kappa shape index (κ2) is 22.2. The molecule has 10 heteroatoms. The molecule has 0 aliphatic carbocycles. The van der Waals surface area contributed by atoms with Gasteiger partial charge < -0.3 is 24.7 Å². The molecule has 4 aliphatic heterocycles. The first-order valence-electron chi connectivity index (χ1n) is 24.6. The van der Waals surface area contributed by atoms with Crippen molar-refractivity contribution in [1.29, 1.82) is 0 Å². The van der Waals surface area contributed by atoms with Gasteiger partial charge in [-0.25, -0.2) is 4.79 Å². The SMILES string of the molecule is Cc1cc(C)c2c(c1)CC(=N/OCC(=O)N1CCCCC1)/C=C/CC/C=C/CC(CCNC(=O)CCCCN1/C(=C/C=C/C3=[N+](C)c4ccccc4C3(C)C)C(C)(C)c3ccccc31)OC2=O. The number of para-hydroxylation sites is 2. The molecule has 0 saturated carbocycles. The number of ether oxygens (including phenoxy) is 1. The summed E-state index contributed by atoms with van der Waals surface area (Å²) in [5.41, 5.74) is 11.2. The third kappa shape index (κ3) is 11.7. The standard InChI is InChI=1S/C57H71N5O5/c1-41-37-42(2)54-43(38-41)39-44(59-66-40-53(64)61-34-19-11-20-35-61)23-12-9-8-10-13-24-45(67-55(54)65)32-33-58-52(63)31-18-21-36-62-49-28-17-15-26-47(49)57(5,6)51(62)30-22-29-50-56(3,4)46-25-14-16-27-48(46)60(50)7/h10,12-17,22-23,25-30,37-38,45H,8-9,11,18-21,24,31-36,39-40H2,1-7H3/p+1/b13-10+,23-12+,59-44+. The van der Waals surface area contributed by atoms with Gasteiger partial charge in [-0.3, -0.25) is 9.59 Å². The molecule has 3 aromatic carbocycles. The van der Waals surface area contributed by atoms with E-state index in [2.05, 4.69) is 140 Å². The largest absolute Gasteiger partial charge is 0.458 e. The number of rotatable bonds is 13. The first-order valence-corrected chi connectivity index (χ1v) is 24.6. The van der Waals surface area contributed by atoms with Gasteiger partial charge in [-0.15, -0.1) is 0 Å². The highest BCUT2D eigenvalue weighted by Gasteiger charge is 2.43. The lowest BCUT2D eigenvalue weighted by Gasteiger charge is -2.27. The molecule has 354 valence electrons. The number of nitrogens with one attached hydrogen (secondary N) is 1. The first-order chi connectivity index (χ1) is 32.3. The molecular formula is C57H72N5O5+. The lowest BCUT2D eigenvalue weighted by Crippen LogP contribution is -2.37. The molecule has 1 saturated heterocycles. The predicted octanol–water partition coefficient (Wildman–Crippen LogP) is 10.7. The van der Waals surface area contributed by atoms with Crippen LogP contribution in [-0.4, -0.2) is 84.6 Å². The molecule has 1 atom stereocenters. The molecule has 0 aromatic heterocycles. The van der Waals surface area contributed by atoms with Crippen molar-refractivity contribution in [1.82, 2.24) is 10.2 Å². The quantitative estimate of drug-likeness (QED) is 0.0602. The monoisotopic (exact) mass is 907 g/mol. The van der Waals surface area contributed by atoms with E-state index in [9.17, 15) is 14.4 Å². The van der Waals surface area contributed by atoms with Gasteiger partial charge in [0.2, 0.25) is 11.6 Å². The number of nitrogens with zero attached hydrogens (tertiary/aromatic N) is 4. The summed E-state index contributed by atoms with van der Waals surface area (Å²) >= 11 is 0. The average molecular weight is 907 g/mol. The number of amides is 2. The van der Waals surface area contributed by atoms with Crippen molar-refractivity contribution < 1.29 is 28.5 Å². The summed E-state index contributed by atoms with van der Waals surface area (Å²) < 4.78 is 8.54. The van der Waals surface area contributed by atoms with Crippen molar-refractivity contribution in [3.63, 3.8) is 0 Å². The molecule has 67 heavy (non-hydrogen) atoms. The van der Waals surface area contributed by atoms with E-state index in [1.165, 1.54) is 33.9 Å². The van der Waals surface area contributed by atoms with Crippen molar-refractivity contribution in [2.24, 2.45) is 5.16 Å². The van der Waals surface area contributed by atoms with E-state index in [0.29, 0.717) is 43.5 Å². The number of esters is 1. The Labute approximate surface area is 399 Å². The van der Waals surface area contributed by atoms with Crippen LogP contribution in [0.3, 0.4) is 0 Å². The lowest BCUT2D eigenvalue weighted by atomic mass is 9.81. The van der Waals surface area contributed by atoms with Crippen LogP contribution in [0.5, 0.6) is 0 Å². The summed E-state index contributed by atoms with van der Waals surface area (Å²) in [6.07, 6.45) is 22.7. The molecule has 4 aliphatic rings. The van der Waals surface area contributed by atoms with E-state index < -0.39 is 12.1 Å². The number of allylic oxidation sites excluding steroid dienone is 7. The molecule has 0 spiro atoms. The van der Waals surface area contributed by atoms with Gasteiger partial charge >= 0.3 is 5.97 Å². The fraction of sp³-hybridized carbons (Fsp3) is 0.456. The average Bonchev–Trinajstić information content (AvgIpc) is 3.64. The van der Waals surface area contributed by atoms with Crippen molar-refractivity contribution in [3.8, 4) is 0 Å². The first kappa shape index (κ1) is 48.9. The lowest BCUT2D eigenvalue weighted by molar-refractivity contribution is -0.401. The van der Waals surface area contributed by atoms with E-state index in [0.717, 1.165) is 81.3 Å². The van der Waals surface area contributed by atoms with Gasteiger partial charge in [-0.1, -0.05) is 97.4 Å². The Morgan fingerprint density at radius 1 is 0.925 bits per heavy atom. The van der Waals surface area contributed by atoms with Gasteiger partial charge in [-0.2, -0.15) is 4.58 Å².